The number of amides is 1. The van der Waals surface area contributed by atoms with Crippen LogP contribution in [0.1, 0.15) is 46.5 Å². The average molecular weight is 271 g/mol. The average Bonchev–Trinajstić information content (AvgIpc) is 2.37. The molecule has 0 saturated carbocycles. The van der Waals surface area contributed by atoms with Gasteiger partial charge in [-0.05, 0) is 39.7 Å². The highest BCUT2D eigenvalue weighted by Crippen LogP contribution is 2.20. The minimum Gasteiger partial charge on any atom is -0.392 e. The van der Waals surface area contributed by atoms with Crippen LogP contribution in [-0.2, 0) is 4.79 Å². The smallest absolute Gasteiger partial charge is 0.237 e. The van der Waals surface area contributed by atoms with E-state index in [9.17, 15) is 4.79 Å². The predicted molar refractivity (Wildman–Crippen MR) is 78.5 cm³/mol. The van der Waals surface area contributed by atoms with E-state index >= 15 is 0 Å². The number of nitrogens with one attached hydrogen (secondary N) is 1. The molecule has 0 aromatic carbocycles. The summed E-state index contributed by atoms with van der Waals surface area (Å²) in [6.45, 7) is 6.92. The summed E-state index contributed by atoms with van der Waals surface area (Å²) in [5.41, 5.74) is 5.78. The third kappa shape index (κ3) is 3.92. The van der Waals surface area contributed by atoms with Gasteiger partial charge in [0, 0.05) is 6.04 Å². The Labute approximate surface area is 115 Å². The Bertz CT molecular complexity index is 309. The van der Waals surface area contributed by atoms with Gasteiger partial charge in [-0.1, -0.05) is 25.6 Å². The first-order valence-corrected chi connectivity index (χ1v) is 7.23. The van der Waals surface area contributed by atoms with Crippen LogP contribution in [0.25, 0.3) is 0 Å². The van der Waals surface area contributed by atoms with E-state index in [1.165, 1.54) is 0 Å². The molecule has 0 aliphatic carbocycles. The summed E-state index contributed by atoms with van der Waals surface area (Å²) in [5, 5.41) is 3.02. The van der Waals surface area contributed by atoms with Crippen LogP contribution in [0, 0.1) is 0 Å². The van der Waals surface area contributed by atoms with Crippen molar-refractivity contribution < 1.29 is 4.79 Å². The molecular weight excluding hydrogens is 246 g/mol. The lowest BCUT2D eigenvalue weighted by molar-refractivity contribution is -0.127. The molecule has 1 fully saturated rings. The van der Waals surface area contributed by atoms with Crippen molar-refractivity contribution in [2.75, 3.05) is 6.54 Å². The zero-order valence-electron chi connectivity index (χ0n) is 11.6. The first kappa shape index (κ1) is 15.4. The molecule has 1 aliphatic heterocycles. The normalized spacial score (nSPS) is 24.3. The van der Waals surface area contributed by atoms with Crippen molar-refractivity contribution in [1.29, 1.82) is 0 Å². The molecule has 0 aromatic rings. The quantitative estimate of drug-likeness (QED) is 0.743. The topological polar surface area (TPSA) is 58.4 Å². The standard InChI is InChI=1S/C13H25N3OS/c1-4-9(2)15-13(17)10(3)16-8-6-5-7-11(16)12(14)18/h9-11H,4-8H2,1-3H3,(H2,14,18)(H,15,17). The van der Waals surface area contributed by atoms with E-state index in [4.69, 9.17) is 18.0 Å². The van der Waals surface area contributed by atoms with Gasteiger partial charge in [-0.15, -0.1) is 0 Å². The van der Waals surface area contributed by atoms with Gasteiger partial charge in [-0.25, -0.2) is 0 Å². The van der Waals surface area contributed by atoms with Crippen molar-refractivity contribution in [2.24, 2.45) is 5.73 Å². The number of likely N-dealkylation sites (tertiary alicyclic amines) is 1. The second-order valence-corrected chi connectivity index (χ2v) is 5.62. The molecule has 0 bridgehead atoms. The van der Waals surface area contributed by atoms with Crippen molar-refractivity contribution in [3.63, 3.8) is 0 Å². The number of hydrogen-bond acceptors (Lipinski definition) is 3. The minimum atomic E-state index is -0.161. The van der Waals surface area contributed by atoms with E-state index in [2.05, 4.69) is 17.1 Å². The van der Waals surface area contributed by atoms with Crippen LogP contribution >= 0.6 is 12.2 Å². The molecule has 1 amide bonds. The monoisotopic (exact) mass is 271 g/mol. The van der Waals surface area contributed by atoms with Crippen LogP contribution in [0.2, 0.25) is 0 Å². The van der Waals surface area contributed by atoms with Crippen LogP contribution in [0.4, 0.5) is 0 Å². The molecule has 0 aromatic heterocycles. The molecule has 0 spiro atoms. The SMILES string of the molecule is CCC(C)NC(=O)C(C)N1CCCCC1C(N)=S. The van der Waals surface area contributed by atoms with Crippen molar-refractivity contribution in [2.45, 2.75) is 64.6 Å². The van der Waals surface area contributed by atoms with E-state index in [0.29, 0.717) is 4.99 Å². The highest BCUT2D eigenvalue weighted by molar-refractivity contribution is 7.80. The Kier molecular flexibility index (Phi) is 6.02. The highest BCUT2D eigenvalue weighted by atomic mass is 32.1. The Morgan fingerprint density at radius 1 is 1.50 bits per heavy atom. The fraction of sp³-hybridized carbons (Fsp3) is 0.846. The van der Waals surface area contributed by atoms with E-state index in [1.807, 2.05) is 13.8 Å². The summed E-state index contributed by atoms with van der Waals surface area (Å²) in [7, 11) is 0. The van der Waals surface area contributed by atoms with E-state index in [1.54, 1.807) is 0 Å². The van der Waals surface area contributed by atoms with Crippen molar-refractivity contribution >= 4 is 23.1 Å². The molecule has 3 N–H and O–H groups in total. The number of nitrogens with two attached hydrogens (primary N) is 1. The minimum absolute atomic E-state index is 0.0754. The lowest BCUT2D eigenvalue weighted by Crippen LogP contribution is -2.56. The third-order valence-electron chi connectivity index (χ3n) is 3.75. The molecule has 104 valence electrons. The molecule has 0 radical (unpaired) electrons. The molecular formula is C13H25N3OS. The van der Waals surface area contributed by atoms with Gasteiger partial charge in [0.1, 0.15) is 0 Å². The maximum absolute atomic E-state index is 12.1. The maximum atomic E-state index is 12.1. The number of thiocarbonyl (C=S) groups is 1. The molecule has 1 aliphatic rings. The molecule has 3 atom stereocenters. The number of hydrogen-bond donors (Lipinski definition) is 2. The Hall–Kier alpha value is -0.680. The molecule has 3 unspecified atom stereocenters. The Balaban J connectivity index is 2.65. The van der Waals surface area contributed by atoms with Crippen LogP contribution in [0.5, 0.6) is 0 Å². The maximum Gasteiger partial charge on any atom is 0.237 e. The number of piperidine rings is 1. The summed E-state index contributed by atoms with van der Waals surface area (Å²) < 4.78 is 0. The zero-order valence-corrected chi connectivity index (χ0v) is 12.4. The van der Waals surface area contributed by atoms with Crippen LogP contribution in [0.3, 0.4) is 0 Å². The van der Waals surface area contributed by atoms with E-state index in [-0.39, 0.29) is 24.0 Å². The molecule has 1 saturated heterocycles. The van der Waals surface area contributed by atoms with Gasteiger partial charge < -0.3 is 11.1 Å². The van der Waals surface area contributed by atoms with Gasteiger partial charge in [0.05, 0.1) is 17.1 Å². The summed E-state index contributed by atoms with van der Waals surface area (Å²) in [6.07, 6.45) is 4.16. The summed E-state index contributed by atoms with van der Waals surface area (Å²) in [5.74, 6) is 0.0764. The molecule has 1 heterocycles. The van der Waals surface area contributed by atoms with Gasteiger partial charge in [0.25, 0.3) is 0 Å². The zero-order chi connectivity index (χ0) is 13.7. The Morgan fingerprint density at radius 2 is 2.17 bits per heavy atom. The second-order valence-electron chi connectivity index (χ2n) is 5.15. The van der Waals surface area contributed by atoms with Gasteiger partial charge in [-0.2, -0.15) is 0 Å². The number of nitrogens with zero attached hydrogens (tertiary/aromatic N) is 1. The van der Waals surface area contributed by atoms with Crippen LogP contribution in [0.15, 0.2) is 0 Å². The van der Waals surface area contributed by atoms with Gasteiger partial charge in [0.15, 0.2) is 0 Å². The molecule has 5 heteroatoms. The Morgan fingerprint density at radius 3 is 2.72 bits per heavy atom. The van der Waals surface area contributed by atoms with Crippen molar-refractivity contribution in [3.8, 4) is 0 Å². The summed E-state index contributed by atoms with van der Waals surface area (Å²) >= 11 is 5.11. The molecule has 4 nitrogen and oxygen atoms in total. The largest absolute Gasteiger partial charge is 0.392 e. The van der Waals surface area contributed by atoms with Gasteiger partial charge in [-0.3, -0.25) is 9.69 Å². The second kappa shape index (κ2) is 7.04. The van der Waals surface area contributed by atoms with Gasteiger partial charge in [0.2, 0.25) is 5.91 Å². The summed E-state index contributed by atoms with van der Waals surface area (Å²) in [6, 6.07) is 0.130. The number of carbonyl (C=O) groups excluding carboxylic acids is 1. The lowest BCUT2D eigenvalue weighted by atomic mass is 9.99. The number of carbonyl (C=O) groups is 1. The molecule has 1 rings (SSSR count). The predicted octanol–water partition coefficient (Wildman–Crippen LogP) is 1.43. The summed E-state index contributed by atoms with van der Waals surface area (Å²) in [4.78, 5) is 14.8. The molecule has 18 heavy (non-hydrogen) atoms. The van der Waals surface area contributed by atoms with Crippen LogP contribution < -0.4 is 11.1 Å². The number of rotatable bonds is 5. The fourth-order valence-corrected chi connectivity index (χ4v) is 2.59. The highest BCUT2D eigenvalue weighted by Gasteiger charge is 2.31. The third-order valence-corrected chi connectivity index (χ3v) is 4.02. The van der Waals surface area contributed by atoms with Gasteiger partial charge >= 0.3 is 0 Å². The van der Waals surface area contributed by atoms with Crippen LogP contribution in [-0.4, -0.2) is 40.5 Å². The van der Waals surface area contributed by atoms with Crippen molar-refractivity contribution in [3.05, 3.63) is 0 Å². The fourth-order valence-electron chi connectivity index (χ4n) is 2.34. The van der Waals surface area contributed by atoms with E-state index in [0.717, 1.165) is 32.2 Å². The first-order valence-electron chi connectivity index (χ1n) is 6.82. The lowest BCUT2D eigenvalue weighted by Gasteiger charge is -2.38. The first-order chi connectivity index (χ1) is 8.47. The van der Waals surface area contributed by atoms with Crippen molar-refractivity contribution in [1.82, 2.24) is 10.2 Å². The van der Waals surface area contributed by atoms with E-state index < -0.39 is 0 Å².